The number of carbonyl (C=O) groups excluding carboxylic acids is 1. The number of amides is 1. The topological polar surface area (TPSA) is 41.1 Å². The van der Waals surface area contributed by atoms with E-state index in [-0.39, 0.29) is 30.6 Å². The summed E-state index contributed by atoms with van der Waals surface area (Å²) in [6.07, 6.45) is -4.53. The van der Waals surface area contributed by atoms with Crippen LogP contribution >= 0.6 is 12.4 Å². The number of alkyl halides is 3. The highest BCUT2D eigenvalue weighted by Crippen LogP contribution is 2.31. The van der Waals surface area contributed by atoms with E-state index in [1.807, 2.05) is 6.92 Å². The van der Waals surface area contributed by atoms with Crippen molar-refractivity contribution < 1.29 is 18.0 Å². The molecule has 0 aromatic heterocycles. The minimum Gasteiger partial charge on any atom is -0.350 e. The molecule has 108 valence electrons. The predicted molar refractivity (Wildman–Crippen MR) is 69.5 cm³/mol. The molecule has 19 heavy (non-hydrogen) atoms. The number of hydrogen-bond donors (Lipinski definition) is 2. The maximum absolute atomic E-state index is 12.7. The number of halogens is 4. The molecule has 0 radical (unpaired) electrons. The Labute approximate surface area is 116 Å². The average Bonchev–Trinajstić information content (AvgIpc) is 2.34. The van der Waals surface area contributed by atoms with Crippen LogP contribution in [0.3, 0.4) is 0 Å². The average molecular weight is 297 g/mol. The standard InChI is InChI=1S/C12H15F3N2O.ClH/c1-8(16-2)7-17-11(18)9-5-3-4-6-10(9)12(13,14)15;/h3-6,8,16H,7H2,1-2H3,(H,17,18);1H. The molecule has 0 heterocycles. The summed E-state index contributed by atoms with van der Waals surface area (Å²) >= 11 is 0. The monoisotopic (exact) mass is 296 g/mol. The second kappa shape index (κ2) is 7.35. The van der Waals surface area contributed by atoms with E-state index in [0.717, 1.165) is 6.07 Å². The number of carbonyl (C=O) groups is 1. The Bertz CT molecular complexity index is 424. The summed E-state index contributed by atoms with van der Waals surface area (Å²) in [6, 6.07) is 4.73. The van der Waals surface area contributed by atoms with Crippen LogP contribution in [0, 0.1) is 0 Å². The van der Waals surface area contributed by atoms with E-state index < -0.39 is 17.6 Å². The van der Waals surface area contributed by atoms with Crippen molar-refractivity contribution in [3.63, 3.8) is 0 Å². The summed E-state index contributed by atoms with van der Waals surface area (Å²) < 4.78 is 38.0. The largest absolute Gasteiger partial charge is 0.417 e. The van der Waals surface area contributed by atoms with Crippen LogP contribution < -0.4 is 10.6 Å². The molecule has 0 fully saturated rings. The maximum atomic E-state index is 12.7. The van der Waals surface area contributed by atoms with E-state index in [0.29, 0.717) is 0 Å². The molecule has 0 saturated heterocycles. The summed E-state index contributed by atoms with van der Waals surface area (Å²) in [4.78, 5) is 11.7. The van der Waals surface area contributed by atoms with Gasteiger partial charge in [0.05, 0.1) is 11.1 Å². The highest BCUT2D eigenvalue weighted by Gasteiger charge is 2.34. The maximum Gasteiger partial charge on any atom is 0.417 e. The van der Waals surface area contributed by atoms with Crippen LogP contribution in [0.25, 0.3) is 0 Å². The first-order chi connectivity index (χ1) is 8.36. The first-order valence-electron chi connectivity index (χ1n) is 5.48. The Balaban J connectivity index is 0.00000324. The molecule has 0 bridgehead atoms. The van der Waals surface area contributed by atoms with Crippen LogP contribution in [0.2, 0.25) is 0 Å². The van der Waals surface area contributed by atoms with Crippen LogP contribution in [-0.2, 0) is 6.18 Å². The van der Waals surface area contributed by atoms with Crippen molar-refractivity contribution in [3.05, 3.63) is 35.4 Å². The highest BCUT2D eigenvalue weighted by atomic mass is 35.5. The van der Waals surface area contributed by atoms with Gasteiger partial charge < -0.3 is 10.6 Å². The van der Waals surface area contributed by atoms with Gasteiger partial charge in [0.2, 0.25) is 0 Å². The molecule has 0 aliphatic carbocycles. The molecule has 1 rings (SSSR count). The third kappa shape index (κ3) is 5.08. The molecular formula is C12H16ClF3N2O. The van der Waals surface area contributed by atoms with E-state index in [1.165, 1.54) is 18.2 Å². The molecule has 1 atom stereocenters. The van der Waals surface area contributed by atoms with Gasteiger partial charge in [-0.2, -0.15) is 13.2 Å². The minimum atomic E-state index is -4.53. The van der Waals surface area contributed by atoms with E-state index >= 15 is 0 Å². The van der Waals surface area contributed by atoms with Gasteiger partial charge >= 0.3 is 6.18 Å². The lowest BCUT2D eigenvalue weighted by Gasteiger charge is -2.14. The molecule has 2 N–H and O–H groups in total. The van der Waals surface area contributed by atoms with Gasteiger partial charge in [-0.15, -0.1) is 12.4 Å². The molecule has 1 amide bonds. The second-order valence-electron chi connectivity index (χ2n) is 3.94. The van der Waals surface area contributed by atoms with Crippen molar-refractivity contribution in [2.75, 3.05) is 13.6 Å². The van der Waals surface area contributed by atoms with Crippen LogP contribution in [0.5, 0.6) is 0 Å². The zero-order chi connectivity index (χ0) is 13.8. The molecule has 7 heteroatoms. The number of benzene rings is 1. The Morgan fingerprint density at radius 1 is 1.32 bits per heavy atom. The van der Waals surface area contributed by atoms with Gasteiger partial charge in [-0.1, -0.05) is 12.1 Å². The normalized spacial score (nSPS) is 12.5. The third-order valence-electron chi connectivity index (χ3n) is 2.54. The quantitative estimate of drug-likeness (QED) is 0.896. The molecular weight excluding hydrogens is 281 g/mol. The number of hydrogen-bond acceptors (Lipinski definition) is 2. The molecule has 0 aliphatic heterocycles. The smallest absolute Gasteiger partial charge is 0.350 e. The summed E-state index contributed by atoms with van der Waals surface area (Å²) in [7, 11) is 1.71. The van der Waals surface area contributed by atoms with Crippen LogP contribution in [0.1, 0.15) is 22.8 Å². The first kappa shape index (κ1) is 17.7. The van der Waals surface area contributed by atoms with Crippen molar-refractivity contribution >= 4 is 18.3 Å². The van der Waals surface area contributed by atoms with Gasteiger partial charge in [0.15, 0.2) is 0 Å². The molecule has 0 spiro atoms. The minimum absolute atomic E-state index is 0. The van der Waals surface area contributed by atoms with Crippen LogP contribution in [0.4, 0.5) is 13.2 Å². The fraction of sp³-hybridized carbons (Fsp3) is 0.417. The van der Waals surface area contributed by atoms with Crippen molar-refractivity contribution in [1.29, 1.82) is 0 Å². The molecule has 1 unspecified atom stereocenters. The van der Waals surface area contributed by atoms with Crippen molar-refractivity contribution in [2.45, 2.75) is 19.1 Å². The fourth-order valence-electron chi connectivity index (χ4n) is 1.37. The zero-order valence-corrected chi connectivity index (χ0v) is 11.4. The van der Waals surface area contributed by atoms with Crippen molar-refractivity contribution in [3.8, 4) is 0 Å². The van der Waals surface area contributed by atoms with Gasteiger partial charge in [0.1, 0.15) is 0 Å². The van der Waals surface area contributed by atoms with Crippen LogP contribution in [0.15, 0.2) is 24.3 Å². The van der Waals surface area contributed by atoms with Crippen molar-refractivity contribution in [2.24, 2.45) is 0 Å². The molecule has 0 aliphatic rings. The van der Waals surface area contributed by atoms with Gasteiger partial charge in [-0.05, 0) is 26.1 Å². The van der Waals surface area contributed by atoms with Gasteiger partial charge in [0.25, 0.3) is 5.91 Å². The molecule has 3 nitrogen and oxygen atoms in total. The summed E-state index contributed by atoms with van der Waals surface area (Å²) in [6.45, 7) is 2.08. The summed E-state index contributed by atoms with van der Waals surface area (Å²) in [5, 5.41) is 5.34. The Morgan fingerprint density at radius 3 is 2.42 bits per heavy atom. The fourth-order valence-corrected chi connectivity index (χ4v) is 1.37. The Hall–Kier alpha value is -1.27. The lowest BCUT2D eigenvalue weighted by Crippen LogP contribution is -2.37. The van der Waals surface area contributed by atoms with E-state index in [4.69, 9.17) is 0 Å². The van der Waals surface area contributed by atoms with Gasteiger partial charge in [-0.25, -0.2) is 0 Å². The highest BCUT2D eigenvalue weighted by molar-refractivity contribution is 5.95. The van der Waals surface area contributed by atoms with E-state index in [2.05, 4.69) is 10.6 Å². The molecule has 1 aromatic carbocycles. The molecule has 1 aromatic rings. The lowest BCUT2D eigenvalue weighted by atomic mass is 10.1. The van der Waals surface area contributed by atoms with Gasteiger partial charge in [-0.3, -0.25) is 4.79 Å². The Morgan fingerprint density at radius 2 is 1.89 bits per heavy atom. The molecule has 0 saturated carbocycles. The number of nitrogens with one attached hydrogen (secondary N) is 2. The number of likely N-dealkylation sites (N-methyl/N-ethyl adjacent to an activating group) is 1. The van der Waals surface area contributed by atoms with Crippen molar-refractivity contribution in [1.82, 2.24) is 10.6 Å². The van der Waals surface area contributed by atoms with E-state index in [1.54, 1.807) is 7.05 Å². The van der Waals surface area contributed by atoms with Gasteiger partial charge in [0, 0.05) is 12.6 Å². The summed E-state index contributed by atoms with van der Waals surface area (Å²) in [5.74, 6) is -0.718. The second-order valence-corrected chi connectivity index (χ2v) is 3.94. The zero-order valence-electron chi connectivity index (χ0n) is 10.5. The van der Waals surface area contributed by atoms with Crippen LogP contribution in [-0.4, -0.2) is 25.5 Å². The SMILES string of the molecule is CNC(C)CNC(=O)c1ccccc1C(F)(F)F.Cl. The predicted octanol–water partition coefficient (Wildman–Crippen LogP) is 2.46. The first-order valence-corrected chi connectivity index (χ1v) is 5.48. The van der Waals surface area contributed by atoms with E-state index in [9.17, 15) is 18.0 Å². The third-order valence-corrected chi connectivity index (χ3v) is 2.54. The lowest BCUT2D eigenvalue weighted by molar-refractivity contribution is -0.137. The Kier molecular flexibility index (Phi) is 6.86. The summed E-state index contributed by atoms with van der Waals surface area (Å²) in [5.41, 5.74) is -1.27. The number of rotatable bonds is 4.